The average Bonchev–Trinajstić information content (AvgIpc) is 2.60. The molecule has 0 aromatic heterocycles. The highest BCUT2D eigenvalue weighted by Gasteiger charge is 2.38. The summed E-state index contributed by atoms with van der Waals surface area (Å²) in [5, 5.41) is 3.31. The Balaban J connectivity index is 2.61. The van der Waals surface area contributed by atoms with Crippen LogP contribution in [0, 0.1) is 0 Å². The molecule has 1 N–H and O–H groups in total. The van der Waals surface area contributed by atoms with E-state index in [1.165, 1.54) is 6.07 Å². The number of fused-ring (bicyclic) bond motifs is 1. The van der Waals surface area contributed by atoms with Crippen LogP contribution in [0.1, 0.15) is 30.4 Å². The average molecular weight is 250 g/mol. The van der Waals surface area contributed by atoms with Crippen LogP contribution < -0.4 is 5.32 Å². The predicted molar refractivity (Wildman–Crippen MR) is 58.0 cm³/mol. The monoisotopic (exact) mass is 249 g/mol. The lowest BCUT2D eigenvalue weighted by Gasteiger charge is -2.16. The first-order valence-corrected chi connectivity index (χ1v) is 5.46. The zero-order valence-electron chi connectivity index (χ0n) is 8.66. The van der Waals surface area contributed by atoms with Gasteiger partial charge >= 0.3 is 6.18 Å². The number of nitrogens with one attached hydrogen (secondary N) is 1. The van der Waals surface area contributed by atoms with Gasteiger partial charge in [-0.1, -0.05) is 18.5 Å². The van der Waals surface area contributed by atoms with Crippen molar-refractivity contribution in [2.45, 2.75) is 25.4 Å². The molecule has 0 spiro atoms. The van der Waals surface area contributed by atoms with E-state index in [0.717, 1.165) is 6.07 Å². The zero-order chi connectivity index (χ0) is 11.9. The van der Waals surface area contributed by atoms with Crippen LogP contribution in [0.3, 0.4) is 0 Å². The molecule has 1 heterocycles. The van der Waals surface area contributed by atoms with Crippen LogP contribution in [0.4, 0.5) is 18.9 Å². The number of halogens is 4. The molecule has 0 saturated heterocycles. The molecule has 0 aliphatic carbocycles. The lowest BCUT2D eigenvalue weighted by atomic mass is 9.93. The van der Waals surface area contributed by atoms with Gasteiger partial charge in [0.25, 0.3) is 0 Å². The summed E-state index contributed by atoms with van der Waals surface area (Å²) < 4.78 is 38.4. The van der Waals surface area contributed by atoms with Gasteiger partial charge in [-0.3, -0.25) is 0 Å². The van der Waals surface area contributed by atoms with Crippen molar-refractivity contribution in [1.29, 1.82) is 0 Å². The summed E-state index contributed by atoms with van der Waals surface area (Å²) in [5.41, 5.74) is 0.203. The molecule has 0 fully saturated rings. The molecule has 88 valence electrons. The molecule has 0 radical (unpaired) electrons. The van der Waals surface area contributed by atoms with Gasteiger partial charge in [0.15, 0.2) is 0 Å². The van der Waals surface area contributed by atoms with Crippen LogP contribution in [0.25, 0.3) is 0 Å². The van der Waals surface area contributed by atoms with Gasteiger partial charge in [-0.05, 0) is 24.1 Å². The number of rotatable bonds is 1. The first kappa shape index (κ1) is 11.6. The molecular formula is C11H11ClF3N. The minimum Gasteiger partial charge on any atom is -0.383 e. The number of anilines is 1. The Morgan fingerprint density at radius 1 is 1.44 bits per heavy atom. The molecule has 1 nitrogen and oxygen atoms in total. The van der Waals surface area contributed by atoms with E-state index in [1.54, 1.807) is 0 Å². The molecule has 5 heteroatoms. The normalized spacial score (nSPS) is 19.4. The van der Waals surface area contributed by atoms with Gasteiger partial charge in [0, 0.05) is 12.5 Å². The summed E-state index contributed by atoms with van der Waals surface area (Å²) in [6.07, 6.45) is -3.64. The maximum Gasteiger partial charge on any atom is 0.416 e. The minimum absolute atomic E-state index is 0.106. The Morgan fingerprint density at radius 2 is 2.12 bits per heavy atom. The van der Waals surface area contributed by atoms with E-state index in [2.05, 4.69) is 5.32 Å². The smallest absolute Gasteiger partial charge is 0.383 e. The highest BCUT2D eigenvalue weighted by molar-refractivity contribution is 6.33. The minimum atomic E-state index is -4.31. The van der Waals surface area contributed by atoms with Crippen LogP contribution in [-0.2, 0) is 6.18 Å². The third kappa shape index (κ3) is 1.75. The van der Waals surface area contributed by atoms with Gasteiger partial charge in [0.05, 0.1) is 16.3 Å². The van der Waals surface area contributed by atoms with Crippen molar-refractivity contribution in [2.24, 2.45) is 0 Å². The molecule has 1 aromatic rings. The predicted octanol–water partition coefficient (Wildman–Crippen LogP) is 4.28. The van der Waals surface area contributed by atoms with E-state index < -0.39 is 11.7 Å². The van der Waals surface area contributed by atoms with Crippen molar-refractivity contribution in [3.63, 3.8) is 0 Å². The Bertz CT molecular complexity index is 414. The molecule has 1 aliphatic rings. The van der Waals surface area contributed by atoms with Crippen molar-refractivity contribution in [3.05, 3.63) is 28.3 Å². The molecule has 1 atom stereocenters. The second-order valence-electron chi connectivity index (χ2n) is 3.87. The second kappa shape index (κ2) is 3.84. The molecule has 0 bridgehead atoms. The lowest BCUT2D eigenvalue weighted by Crippen LogP contribution is -2.10. The van der Waals surface area contributed by atoms with E-state index in [0.29, 0.717) is 29.2 Å². The van der Waals surface area contributed by atoms with Gasteiger partial charge < -0.3 is 5.32 Å². The summed E-state index contributed by atoms with van der Waals surface area (Å²) in [5.74, 6) is -0.106. The quantitative estimate of drug-likeness (QED) is 0.783. The molecule has 0 amide bonds. The zero-order valence-corrected chi connectivity index (χ0v) is 9.41. The third-order valence-corrected chi connectivity index (χ3v) is 3.24. The summed E-state index contributed by atoms with van der Waals surface area (Å²) in [7, 11) is 0. The third-order valence-electron chi connectivity index (χ3n) is 2.93. The summed E-state index contributed by atoms with van der Waals surface area (Å²) in [4.78, 5) is 0. The highest BCUT2D eigenvalue weighted by Crippen LogP contribution is 2.45. The SMILES string of the molecule is CCC1CNc2c(Cl)ccc(C(F)(F)F)c21. The van der Waals surface area contributed by atoms with Gasteiger partial charge in [0.1, 0.15) is 0 Å². The molecule has 1 aliphatic heterocycles. The molecule has 1 unspecified atom stereocenters. The van der Waals surface area contributed by atoms with E-state index in [1.807, 2.05) is 6.92 Å². The summed E-state index contributed by atoms with van der Waals surface area (Å²) >= 11 is 5.88. The van der Waals surface area contributed by atoms with E-state index in [4.69, 9.17) is 11.6 Å². The van der Waals surface area contributed by atoms with E-state index in [9.17, 15) is 13.2 Å². The fourth-order valence-electron chi connectivity index (χ4n) is 2.12. The van der Waals surface area contributed by atoms with Gasteiger partial charge in [-0.2, -0.15) is 13.2 Å². The van der Waals surface area contributed by atoms with Crippen LogP contribution in [-0.4, -0.2) is 6.54 Å². The van der Waals surface area contributed by atoms with Crippen LogP contribution in [0.15, 0.2) is 12.1 Å². The first-order chi connectivity index (χ1) is 7.45. The number of alkyl halides is 3. The summed E-state index contributed by atoms with van der Waals surface area (Å²) in [6.45, 7) is 2.40. The Kier molecular flexibility index (Phi) is 2.78. The number of hydrogen-bond acceptors (Lipinski definition) is 1. The van der Waals surface area contributed by atoms with Crippen molar-refractivity contribution in [1.82, 2.24) is 0 Å². The van der Waals surface area contributed by atoms with E-state index in [-0.39, 0.29) is 5.92 Å². The molecule has 2 rings (SSSR count). The maximum atomic E-state index is 12.8. The maximum absolute atomic E-state index is 12.8. The highest BCUT2D eigenvalue weighted by atomic mass is 35.5. The second-order valence-corrected chi connectivity index (χ2v) is 4.27. The topological polar surface area (TPSA) is 12.0 Å². The Morgan fingerprint density at radius 3 is 2.69 bits per heavy atom. The number of hydrogen-bond donors (Lipinski definition) is 1. The van der Waals surface area contributed by atoms with Crippen LogP contribution in [0.2, 0.25) is 5.02 Å². The standard InChI is InChI=1S/C11H11ClF3N/c1-2-6-5-16-10-8(12)4-3-7(9(6)10)11(13,14)15/h3-4,6,16H,2,5H2,1H3. The van der Waals surface area contributed by atoms with Crippen molar-refractivity contribution in [2.75, 3.05) is 11.9 Å². The van der Waals surface area contributed by atoms with Crippen LogP contribution in [0.5, 0.6) is 0 Å². The van der Waals surface area contributed by atoms with Crippen LogP contribution >= 0.6 is 11.6 Å². The fourth-order valence-corrected chi connectivity index (χ4v) is 2.35. The largest absolute Gasteiger partial charge is 0.416 e. The molecule has 0 saturated carbocycles. The lowest BCUT2D eigenvalue weighted by molar-refractivity contribution is -0.138. The van der Waals surface area contributed by atoms with Gasteiger partial charge in [0.2, 0.25) is 0 Å². The number of benzene rings is 1. The Labute approximate surface area is 96.6 Å². The van der Waals surface area contributed by atoms with Gasteiger partial charge in [-0.25, -0.2) is 0 Å². The van der Waals surface area contributed by atoms with Gasteiger partial charge in [-0.15, -0.1) is 0 Å². The van der Waals surface area contributed by atoms with Crippen molar-refractivity contribution < 1.29 is 13.2 Å². The summed E-state index contributed by atoms with van der Waals surface area (Å²) in [6, 6.07) is 2.37. The molecular weight excluding hydrogens is 239 g/mol. The van der Waals surface area contributed by atoms with E-state index >= 15 is 0 Å². The first-order valence-electron chi connectivity index (χ1n) is 5.08. The Hall–Kier alpha value is -0.900. The fraction of sp³-hybridized carbons (Fsp3) is 0.455. The van der Waals surface area contributed by atoms with Crippen molar-refractivity contribution in [3.8, 4) is 0 Å². The molecule has 16 heavy (non-hydrogen) atoms. The molecule has 1 aromatic carbocycles. The van der Waals surface area contributed by atoms with Crippen molar-refractivity contribution >= 4 is 17.3 Å².